The van der Waals surface area contributed by atoms with E-state index in [1.807, 2.05) is 12.0 Å². The average molecular weight is 315 g/mol. The van der Waals surface area contributed by atoms with Gasteiger partial charge in [0.1, 0.15) is 48.3 Å². The van der Waals surface area contributed by atoms with Crippen molar-refractivity contribution in [2.24, 2.45) is 0 Å². The predicted molar refractivity (Wildman–Crippen MR) is 77.4 cm³/mol. The van der Waals surface area contributed by atoms with E-state index in [2.05, 4.69) is 9.97 Å². The van der Waals surface area contributed by atoms with Crippen molar-refractivity contribution in [1.82, 2.24) is 14.5 Å². The van der Waals surface area contributed by atoms with Crippen molar-refractivity contribution >= 4 is 16.9 Å². The molecule has 118 valence electrons. The van der Waals surface area contributed by atoms with Crippen LogP contribution < -0.4 is 5.73 Å². The number of fused-ring (bicyclic) bond motifs is 1. The summed E-state index contributed by atoms with van der Waals surface area (Å²) in [6, 6.07) is 1.96. The fourth-order valence-corrected chi connectivity index (χ4v) is 2.66. The quantitative estimate of drug-likeness (QED) is 0.489. The normalized spacial score (nSPS) is 28.4. The molecular weight excluding hydrogens is 302 g/mol. The summed E-state index contributed by atoms with van der Waals surface area (Å²) < 4.78 is 6.85. The Hall–Kier alpha value is -2.69. The molecule has 3 heterocycles. The second kappa shape index (κ2) is 5.50. The lowest BCUT2D eigenvalue weighted by molar-refractivity contribution is -0.0671. The molecule has 9 nitrogen and oxygen atoms in total. The highest BCUT2D eigenvalue weighted by Crippen LogP contribution is 2.35. The van der Waals surface area contributed by atoms with Gasteiger partial charge in [0.2, 0.25) is 0 Å². The standard InChI is InChI=1S/C14H13N5O4/c1-2-7(20)11-9(21)10(22)14(23-11)19-4-6(3-15)8-12(16)17-5-18-13(8)19/h1,4-5,7,9-11,14,20-22H,(H2,16,17,18)/t7?,9-,10+,11+,14+/m0/s1. The Bertz CT molecular complexity index is 836. The number of nitrogens with zero attached hydrogens (tertiary/aromatic N) is 4. The fraction of sp³-hybridized carbons (Fsp3) is 0.357. The molecule has 0 bridgehead atoms. The molecule has 0 amide bonds. The van der Waals surface area contributed by atoms with Crippen LogP contribution >= 0.6 is 0 Å². The number of anilines is 1. The van der Waals surface area contributed by atoms with Crippen LogP contribution in [0.4, 0.5) is 5.82 Å². The minimum absolute atomic E-state index is 0.110. The van der Waals surface area contributed by atoms with E-state index >= 15 is 0 Å². The Morgan fingerprint density at radius 2 is 2.13 bits per heavy atom. The SMILES string of the molecule is C#CC(O)[C@H]1O[C@@H](n2cc(C#N)c3c(N)ncnc32)[C@H](O)[C@@H]1O. The number of nitrogens with two attached hydrogens (primary N) is 1. The van der Waals surface area contributed by atoms with E-state index < -0.39 is 30.6 Å². The molecule has 1 fully saturated rings. The third-order valence-electron chi connectivity index (χ3n) is 3.79. The highest BCUT2D eigenvalue weighted by Gasteiger charge is 2.47. The minimum atomic E-state index is -1.40. The van der Waals surface area contributed by atoms with Crippen LogP contribution in [-0.4, -0.2) is 54.3 Å². The maximum absolute atomic E-state index is 10.2. The van der Waals surface area contributed by atoms with Crippen molar-refractivity contribution in [2.75, 3.05) is 5.73 Å². The van der Waals surface area contributed by atoms with Gasteiger partial charge in [0.25, 0.3) is 0 Å². The third kappa shape index (κ3) is 2.20. The Morgan fingerprint density at radius 3 is 2.78 bits per heavy atom. The number of aliphatic hydroxyl groups excluding tert-OH is 3. The van der Waals surface area contributed by atoms with Crippen LogP contribution in [0.3, 0.4) is 0 Å². The van der Waals surface area contributed by atoms with Gasteiger partial charge >= 0.3 is 0 Å². The number of nitriles is 1. The Labute approximate surface area is 130 Å². The van der Waals surface area contributed by atoms with Gasteiger partial charge in [0.15, 0.2) is 6.23 Å². The summed E-state index contributed by atoms with van der Waals surface area (Å²) in [4.78, 5) is 7.88. The Kier molecular flexibility index (Phi) is 3.64. The number of aliphatic hydroxyl groups is 3. The second-order valence-corrected chi connectivity index (χ2v) is 5.10. The van der Waals surface area contributed by atoms with Crippen LogP contribution in [0, 0.1) is 23.7 Å². The highest BCUT2D eigenvalue weighted by atomic mass is 16.6. The molecule has 9 heteroatoms. The zero-order chi connectivity index (χ0) is 16.7. The fourth-order valence-electron chi connectivity index (χ4n) is 2.66. The lowest BCUT2D eigenvalue weighted by Gasteiger charge is -2.17. The van der Waals surface area contributed by atoms with Crippen LogP contribution in [0.5, 0.6) is 0 Å². The van der Waals surface area contributed by atoms with E-state index in [1.54, 1.807) is 0 Å². The molecule has 1 unspecified atom stereocenters. The number of rotatable bonds is 2. The summed E-state index contributed by atoms with van der Waals surface area (Å²) in [5.41, 5.74) is 6.23. The van der Waals surface area contributed by atoms with Crippen molar-refractivity contribution in [1.29, 1.82) is 5.26 Å². The third-order valence-corrected chi connectivity index (χ3v) is 3.79. The van der Waals surface area contributed by atoms with Crippen LogP contribution in [-0.2, 0) is 4.74 Å². The van der Waals surface area contributed by atoms with Gasteiger partial charge in [-0.15, -0.1) is 6.42 Å². The molecule has 0 spiro atoms. The number of nitrogen functional groups attached to an aromatic ring is 1. The van der Waals surface area contributed by atoms with Gasteiger partial charge in [-0.3, -0.25) is 0 Å². The first kappa shape index (κ1) is 15.2. The maximum atomic E-state index is 10.2. The molecule has 1 saturated heterocycles. The minimum Gasteiger partial charge on any atom is -0.387 e. The molecule has 3 rings (SSSR count). The molecule has 0 aromatic carbocycles. The summed E-state index contributed by atoms with van der Waals surface area (Å²) in [5.74, 6) is 2.15. The van der Waals surface area contributed by atoms with E-state index in [-0.39, 0.29) is 17.0 Å². The van der Waals surface area contributed by atoms with E-state index in [4.69, 9.17) is 16.9 Å². The maximum Gasteiger partial charge on any atom is 0.164 e. The Balaban J connectivity index is 2.10. The highest BCUT2D eigenvalue weighted by molar-refractivity contribution is 5.91. The largest absolute Gasteiger partial charge is 0.387 e. The first-order valence-corrected chi connectivity index (χ1v) is 6.66. The molecule has 0 radical (unpaired) electrons. The zero-order valence-corrected chi connectivity index (χ0v) is 11.7. The molecule has 2 aromatic rings. The predicted octanol–water partition coefficient (Wildman–Crippen LogP) is -1.50. The van der Waals surface area contributed by atoms with E-state index in [0.29, 0.717) is 5.39 Å². The first-order chi connectivity index (χ1) is 11.0. The van der Waals surface area contributed by atoms with Crippen LogP contribution in [0.15, 0.2) is 12.5 Å². The zero-order valence-electron chi connectivity index (χ0n) is 11.7. The summed E-state index contributed by atoms with van der Waals surface area (Å²) in [6.45, 7) is 0. The molecule has 5 N–H and O–H groups in total. The van der Waals surface area contributed by atoms with Crippen molar-refractivity contribution in [3.8, 4) is 18.4 Å². The molecule has 0 aliphatic carbocycles. The molecule has 1 aliphatic rings. The summed E-state index contributed by atoms with van der Waals surface area (Å²) in [6.07, 6.45) is 1.31. The van der Waals surface area contributed by atoms with Gasteiger partial charge in [-0.05, 0) is 0 Å². The molecule has 5 atom stereocenters. The van der Waals surface area contributed by atoms with Crippen LogP contribution in [0.25, 0.3) is 11.0 Å². The lowest BCUT2D eigenvalue weighted by Crippen LogP contribution is -2.37. The monoisotopic (exact) mass is 315 g/mol. The van der Waals surface area contributed by atoms with Crippen LogP contribution in [0.1, 0.15) is 11.8 Å². The van der Waals surface area contributed by atoms with Crippen molar-refractivity contribution in [3.63, 3.8) is 0 Å². The molecular formula is C14H13N5O4. The van der Waals surface area contributed by atoms with Crippen LogP contribution in [0.2, 0.25) is 0 Å². The summed E-state index contributed by atoms with van der Waals surface area (Å²) in [5, 5.41) is 39.4. The number of hydrogen-bond donors (Lipinski definition) is 4. The number of aromatic nitrogens is 3. The first-order valence-electron chi connectivity index (χ1n) is 6.66. The smallest absolute Gasteiger partial charge is 0.164 e. The van der Waals surface area contributed by atoms with E-state index in [9.17, 15) is 20.6 Å². The van der Waals surface area contributed by atoms with Gasteiger partial charge in [0, 0.05) is 6.20 Å². The molecule has 2 aromatic heterocycles. The Morgan fingerprint density at radius 1 is 1.39 bits per heavy atom. The van der Waals surface area contributed by atoms with Gasteiger partial charge in [-0.25, -0.2) is 9.97 Å². The molecule has 1 aliphatic heterocycles. The number of ether oxygens (including phenoxy) is 1. The van der Waals surface area contributed by atoms with Gasteiger partial charge in [-0.2, -0.15) is 5.26 Å². The summed E-state index contributed by atoms with van der Waals surface area (Å²) in [7, 11) is 0. The van der Waals surface area contributed by atoms with Gasteiger partial charge in [0.05, 0.1) is 10.9 Å². The van der Waals surface area contributed by atoms with Crippen molar-refractivity contribution in [2.45, 2.75) is 30.6 Å². The second-order valence-electron chi connectivity index (χ2n) is 5.10. The number of hydrogen-bond acceptors (Lipinski definition) is 8. The van der Waals surface area contributed by atoms with Gasteiger partial charge < -0.3 is 30.4 Å². The topological polar surface area (TPSA) is 150 Å². The lowest BCUT2D eigenvalue weighted by atomic mass is 10.1. The summed E-state index contributed by atoms with van der Waals surface area (Å²) >= 11 is 0. The van der Waals surface area contributed by atoms with Crippen molar-refractivity contribution in [3.05, 3.63) is 18.1 Å². The molecule has 0 saturated carbocycles. The van der Waals surface area contributed by atoms with Crippen molar-refractivity contribution < 1.29 is 20.1 Å². The average Bonchev–Trinajstić information content (AvgIpc) is 3.07. The van der Waals surface area contributed by atoms with Gasteiger partial charge in [-0.1, -0.05) is 5.92 Å². The number of terminal acetylenes is 1. The van der Waals surface area contributed by atoms with E-state index in [1.165, 1.54) is 17.1 Å². The van der Waals surface area contributed by atoms with E-state index in [0.717, 1.165) is 0 Å². The molecule has 23 heavy (non-hydrogen) atoms.